The Labute approximate surface area is 102 Å². The largest absolute Gasteiger partial charge is 0.488 e. The van der Waals surface area contributed by atoms with Gasteiger partial charge in [0.2, 0.25) is 0 Å². The lowest BCUT2D eigenvalue weighted by atomic mass is 9.90. The fraction of sp³-hybridized carbons (Fsp3) is 0.500. The van der Waals surface area contributed by atoms with E-state index in [1.807, 2.05) is 25.1 Å². The number of hydrogen-bond donors (Lipinski definition) is 0. The molecule has 0 aromatic heterocycles. The van der Waals surface area contributed by atoms with Gasteiger partial charge in [-0.3, -0.25) is 4.79 Å². The van der Waals surface area contributed by atoms with Crippen LogP contribution in [0.1, 0.15) is 35.7 Å². The van der Waals surface area contributed by atoms with E-state index in [1.165, 1.54) is 0 Å². The van der Waals surface area contributed by atoms with E-state index in [-0.39, 0.29) is 11.9 Å². The van der Waals surface area contributed by atoms with Crippen molar-refractivity contribution in [1.82, 2.24) is 0 Å². The standard InChI is InChI=1S/C14H18O3/c1-10(9-16-2)17-14-8-4-5-11-12(14)6-3-7-13(11)15/h4-5,8,10H,3,6-7,9H2,1-2H3. The van der Waals surface area contributed by atoms with Gasteiger partial charge in [-0.1, -0.05) is 12.1 Å². The Morgan fingerprint density at radius 3 is 2.94 bits per heavy atom. The SMILES string of the molecule is COCC(C)Oc1cccc2c1CCCC2=O. The summed E-state index contributed by atoms with van der Waals surface area (Å²) < 4.78 is 10.9. The second-order valence-corrected chi connectivity index (χ2v) is 4.44. The first kappa shape index (κ1) is 12.1. The van der Waals surface area contributed by atoms with Gasteiger partial charge in [0, 0.05) is 24.7 Å². The van der Waals surface area contributed by atoms with Gasteiger partial charge in [-0.05, 0) is 25.8 Å². The van der Waals surface area contributed by atoms with Gasteiger partial charge in [0.15, 0.2) is 5.78 Å². The van der Waals surface area contributed by atoms with Crippen LogP contribution in [-0.4, -0.2) is 25.6 Å². The van der Waals surface area contributed by atoms with E-state index in [9.17, 15) is 4.79 Å². The van der Waals surface area contributed by atoms with Crippen LogP contribution < -0.4 is 4.74 Å². The van der Waals surface area contributed by atoms with Crippen LogP contribution in [0.15, 0.2) is 18.2 Å². The van der Waals surface area contributed by atoms with Gasteiger partial charge in [-0.25, -0.2) is 0 Å². The Bertz CT molecular complexity index is 412. The molecular formula is C14H18O3. The predicted molar refractivity (Wildman–Crippen MR) is 65.7 cm³/mol. The first-order chi connectivity index (χ1) is 8.22. The normalized spacial score (nSPS) is 16.5. The molecule has 1 aliphatic carbocycles. The molecule has 1 aromatic carbocycles. The van der Waals surface area contributed by atoms with Gasteiger partial charge in [-0.15, -0.1) is 0 Å². The molecule has 3 nitrogen and oxygen atoms in total. The summed E-state index contributed by atoms with van der Waals surface area (Å²) in [6.45, 7) is 2.52. The number of carbonyl (C=O) groups is 1. The van der Waals surface area contributed by atoms with Crippen molar-refractivity contribution in [2.45, 2.75) is 32.3 Å². The first-order valence-corrected chi connectivity index (χ1v) is 6.03. The Morgan fingerprint density at radius 2 is 2.18 bits per heavy atom. The molecule has 0 radical (unpaired) electrons. The number of rotatable bonds is 4. The smallest absolute Gasteiger partial charge is 0.163 e. The summed E-state index contributed by atoms with van der Waals surface area (Å²) in [4.78, 5) is 11.8. The van der Waals surface area contributed by atoms with Gasteiger partial charge in [0.25, 0.3) is 0 Å². The molecule has 2 rings (SSSR count). The summed E-state index contributed by atoms with van der Waals surface area (Å²) in [5.74, 6) is 1.07. The number of fused-ring (bicyclic) bond motifs is 1. The predicted octanol–water partition coefficient (Wildman–Crippen LogP) is 2.62. The van der Waals surface area contributed by atoms with Crippen molar-refractivity contribution < 1.29 is 14.3 Å². The Morgan fingerprint density at radius 1 is 1.35 bits per heavy atom. The Balaban J connectivity index is 2.23. The summed E-state index contributed by atoms with van der Waals surface area (Å²) in [5.41, 5.74) is 1.89. The molecule has 17 heavy (non-hydrogen) atoms. The Hall–Kier alpha value is -1.35. The van der Waals surface area contributed by atoms with Crippen LogP contribution in [0, 0.1) is 0 Å². The highest BCUT2D eigenvalue weighted by Crippen LogP contribution is 2.30. The van der Waals surface area contributed by atoms with Crippen molar-refractivity contribution in [2.24, 2.45) is 0 Å². The minimum atomic E-state index is 0.00327. The van der Waals surface area contributed by atoms with Crippen LogP contribution in [0.5, 0.6) is 5.75 Å². The molecule has 0 saturated heterocycles. The van der Waals surface area contributed by atoms with Gasteiger partial charge >= 0.3 is 0 Å². The zero-order chi connectivity index (χ0) is 12.3. The quantitative estimate of drug-likeness (QED) is 0.803. The number of methoxy groups -OCH3 is 1. The zero-order valence-electron chi connectivity index (χ0n) is 10.4. The number of Topliss-reactive ketones (excluding diaryl/α,β-unsaturated/α-hetero) is 1. The summed E-state index contributed by atoms with van der Waals surface area (Å²) in [6.07, 6.45) is 2.51. The van der Waals surface area contributed by atoms with Crippen molar-refractivity contribution in [2.75, 3.05) is 13.7 Å². The number of benzene rings is 1. The lowest BCUT2D eigenvalue weighted by Crippen LogP contribution is -2.20. The minimum Gasteiger partial charge on any atom is -0.488 e. The van der Waals surface area contributed by atoms with E-state index in [1.54, 1.807) is 7.11 Å². The molecule has 0 N–H and O–H groups in total. The monoisotopic (exact) mass is 234 g/mol. The molecule has 0 amide bonds. The van der Waals surface area contributed by atoms with E-state index in [0.29, 0.717) is 13.0 Å². The molecule has 3 heteroatoms. The van der Waals surface area contributed by atoms with E-state index in [2.05, 4.69) is 0 Å². The van der Waals surface area contributed by atoms with Gasteiger partial charge in [0.05, 0.1) is 6.61 Å². The minimum absolute atomic E-state index is 0.00327. The molecule has 1 aliphatic rings. The second-order valence-electron chi connectivity index (χ2n) is 4.44. The van der Waals surface area contributed by atoms with Gasteiger partial charge in [0.1, 0.15) is 11.9 Å². The van der Waals surface area contributed by atoms with E-state index >= 15 is 0 Å². The molecule has 1 unspecified atom stereocenters. The fourth-order valence-electron chi connectivity index (χ4n) is 2.24. The summed E-state index contributed by atoms with van der Waals surface area (Å²) >= 11 is 0. The van der Waals surface area contributed by atoms with Crippen LogP contribution in [-0.2, 0) is 11.2 Å². The van der Waals surface area contributed by atoms with Crippen LogP contribution >= 0.6 is 0 Å². The maximum atomic E-state index is 11.8. The molecule has 0 bridgehead atoms. The maximum Gasteiger partial charge on any atom is 0.163 e. The van der Waals surface area contributed by atoms with Gasteiger partial charge < -0.3 is 9.47 Å². The van der Waals surface area contributed by atoms with Crippen molar-refractivity contribution in [3.8, 4) is 5.75 Å². The van der Waals surface area contributed by atoms with E-state index < -0.39 is 0 Å². The third-order valence-corrected chi connectivity index (χ3v) is 2.99. The molecule has 0 heterocycles. The highest BCUT2D eigenvalue weighted by molar-refractivity contribution is 5.99. The van der Waals surface area contributed by atoms with Crippen LogP contribution in [0.2, 0.25) is 0 Å². The topological polar surface area (TPSA) is 35.5 Å². The van der Waals surface area contributed by atoms with Crippen LogP contribution in [0.25, 0.3) is 0 Å². The Kier molecular flexibility index (Phi) is 3.79. The molecule has 1 aromatic rings. The highest BCUT2D eigenvalue weighted by Gasteiger charge is 2.20. The van der Waals surface area contributed by atoms with Crippen LogP contribution in [0.3, 0.4) is 0 Å². The maximum absolute atomic E-state index is 11.8. The van der Waals surface area contributed by atoms with Crippen molar-refractivity contribution in [3.63, 3.8) is 0 Å². The third kappa shape index (κ3) is 2.67. The first-order valence-electron chi connectivity index (χ1n) is 6.03. The zero-order valence-corrected chi connectivity index (χ0v) is 10.4. The molecule has 1 atom stereocenters. The van der Waals surface area contributed by atoms with Gasteiger partial charge in [-0.2, -0.15) is 0 Å². The second kappa shape index (κ2) is 5.32. The summed E-state index contributed by atoms with van der Waals surface area (Å²) in [6, 6.07) is 5.71. The molecule has 0 saturated carbocycles. The third-order valence-electron chi connectivity index (χ3n) is 2.99. The molecule has 0 spiro atoms. The fourth-order valence-corrected chi connectivity index (χ4v) is 2.24. The molecular weight excluding hydrogens is 216 g/mol. The average Bonchev–Trinajstić information content (AvgIpc) is 2.31. The lowest BCUT2D eigenvalue weighted by Gasteiger charge is -2.21. The van der Waals surface area contributed by atoms with Crippen molar-refractivity contribution in [1.29, 1.82) is 0 Å². The van der Waals surface area contributed by atoms with E-state index in [0.717, 1.165) is 29.7 Å². The highest BCUT2D eigenvalue weighted by atomic mass is 16.5. The number of ketones is 1. The molecule has 0 fully saturated rings. The van der Waals surface area contributed by atoms with E-state index in [4.69, 9.17) is 9.47 Å². The van der Waals surface area contributed by atoms with Crippen LogP contribution in [0.4, 0.5) is 0 Å². The van der Waals surface area contributed by atoms with Crippen molar-refractivity contribution in [3.05, 3.63) is 29.3 Å². The average molecular weight is 234 g/mol. The number of carbonyl (C=O) groups excluding carboxylic acids is 1. The number of ether oxygens (including phenoxy) is 2. The summed E-state index contributed by atoms with van der Waals surface area (Å²) in [5, 5.41) is 0. The molecule has 92 valence electrons. The van der Waals surface area contributed by atoms with Crippen molar-refractivity contribution >= 4 is 5.78 Å². The number of hydrogen-bond acceptors (Lipinski definition) is 3. The lowest BCUT2D eigenvalue weighted by molar-refractivity contribution is 0.0900. The molecule has 0 aliphatic heterocycles. The summed E-state index contributed by atoms with van der Waals surface area (Å²) in [7, 11) is 1.66.